The number of ether oxygens (including phenoxy) is 2. The van der Waals surface area contributed by atoms with Gasteiger partial charge in [-0.3, -0.25) is 9.10 Å². The standard InChI is InChI=1S/C28H23ClN2O6S/c1-36-28(33)25-18-20(12-17-26(25)29)30-27(32)19-31(38(34,35)24-10-6-3-7-11-24)21-13-15-23(16-14-21)37-22-8-4-2-5-9-22/h2-18H,19H2,1H3,(H,30,32). The molecule has 4 aromatic carbocycles. The number of esters is 1. The summed E-state index contributed by atoms with van der Waals surface area (Å²) in [5.74, 6) is -0.176. The summed E-state index contributed by atoms with van der Waals surface area (Å²) >= 11 is 6.05. The molecule has 194 valence electrons. The summed E-state index contributed by atoms with van der Waals surface area (Å²) in [6.45, 7) is -0.535. The van der Waals surface area contributed by atoms with Crippen LogP contribution in [0, 0.1) is 0 Å². The van der Waals surface area contributed by atoms with E-state index >= 15 is 0 Å². The van der Waals surface area contributed by atoms with Crippen molar-refractivity contribution in [2.75, 3.05) is 23.3 Å². The number of hydrogen-bond donors (Lipinski definition) is 1. The molecule has 4 aromatic rings. The number of nitrogens with zero attached hydrogens (tertiary/aromatic N) is 1. The Morgan fingerprint density at radius 2 is 1.45 bits per heavy atom. The van der Waals surface area contributed by atoms with E-state index in [9.17, 15) is 18.0 Å². The number of amides is 1. The number of carbonyl (C=O) groups is 2. The van der Waals surface area contributed by atoms with Crippen LogP contribution in [0.15, 0.2) is 108 Å². The van der Waals surface area contributed by atoms with Crippen molar-refractivity contribution in [3.63, 3.8) is 0 Å². The summed E-state index contributed by atoms with van der Waals surface area (Å²) in [5.41, 5.74) is 0.578. The summed E-state index contributed by atoms with van der Waals surface area (Å²) in [6.07, 6.45) is 0. The maximum atomic E-state index is 13.6. The van der Waals surface area contributed by atoms with Crippen LogP contribution in [0.4, 0.5) is 11.4 Å². The van der Waals surface area contributed by atoms with Crippen LogP contribution < -0.4 is 14.4 Å². The molecule has 0 bridgehead atoms. The summed E-state index contributed by atoms with van der Waals surface area (Å²) in [6, 6.07) is 27.6. The number of nitrogens with one attached hydrogen (secondary N) is 1. The minimum Gasteiger partial charge on any atom is -0.465 e. The Hall–Kier alpha value is -4.34. The molecule has 0 radical (unpaired) electrons. The van der Waals surface area contributed by atoms with Gasteiger partial charge in [0, 0.05) is 5.69 Å². The number of halogens is 1. The van der Waals surface area contributed by atoms with E-state index in [1.54, 1.807) is 54.6 Å². The number of hydrogen-bond acceptors (Lipinski definition) is 6. The molecule has 38 heavy (non-hydrogen) atoms. The van der Waals surface area contributed by atoms with Gasteiger partial charge in [-0.15, -0.1) is 0 Å². The van der Waals surface area contributed by atoms with Crippen molar-refractivity contribution in [3.05, 3.63) is 114 Å². The van der Waals surface area contributed by atoms with Gasteiger partial charge in [0.25, 0.3) is 10.0 Å². The van der Waals surface area contributed by atoms with Crippen LogP contribution in [-0.4, -0.2) is 33.9 Å². The third-order valence-electron chi connectivity index (χ3n) is 5.38. The van der Waals surface area contributed by atoms with Gasteiger partial charge >= 0.3 is 5.97 Å². The number of rotatable bonds is 9. The van der Waals surface area contributed by atoms with Crippen molar-refractivity contribution in [1.82, 2.24) is 0 Å². The van der Waals surface area contributed by atoms with Gasteiger partial charge in [-0.25, -0.2) is 13.2 Å². The summed E-state index contributed by atoms with van der Waals surface area (Å²) in [5, 5.41) is 2.77. The number of sulfonamides is 1. The van der Waals surface area contributed by atoms with Gasteiger partial charge in [0.2, 0.25) is 5.91 Å². The Labute approximate surface area is 225 Å². The van der Waals surface area contributed by atoms with Crippen LogP contribution in [-0.2, 0) is 19.6 Å². The molecule has 0 aromatic heterocycles. The highest BCUT2D eigenvalue weighted by Gasteiger charge is 2.27. The molecule has 4 rings (SSSR count). The molecule has 0 atom stereocenters. The van der Waals surface area contributed by atoms with E-state index < -0.39 is 28.4 Å². The first kappa shape index (κ1) is 26.7. The zero-order valence-electron chi connectivity index (χ0n) is 20.2. The largest absolute Gasteiger partial charge is 0.465 e. The fourth-order valence-corrected chi connectivity index (χ4v) is 5.18. The van der Waals surface area contributed by atoms with E-state index in [2.05, 4.69) is 5.32 Å². The second kappa shape index (κ2) is 11.8. The van der Waals surface area contributed by atoms with E-state index in [1.165, 1.54) is 37.4 Å². The van der Waals surface area contributed by atoms with Crippen LogP contribution in [0.5, 0.6) is 11.5 Å². The minimum absolute atomic E-state index is 0.0249. The first-order valence-electron chi connectivity index (χ1n) is 11.4. The Morgan fingerprint density at radius 1 is 0.842 bits per heavy atom. The van der Waals surface area contributed by atoms with Crippen LogP contribution in [0.3, 0.4) is 0 Å². The lowest BCUT2D eigenvalue weighted by molar-refractivity contribution is -0.114. The Balaban J connectivity index is 1.61. The van der Waals surface area contributed by atoms with Gasteiger partial charge in [-0.05, 0) is 66.7 Å². The van der Waals surface area contributed by atoms with Gasteiger partial charge in [-0.2, -0.15) is 0 Å². The first-order valence-corrected chi connectivity index (χ1v) is 13.2. The van der Waals surface area contributed by atoms with Crippen molar-refractivity contribution in [2.24, 2.45) is 0 Å². The SMILES string of the molecule is COC(=O)c1cc(NC(=O)CN(c2ccc(Oc3ccccc3)cc2)S(=O)(=O)c2ccccc2)ccc1Cl. The second-order valence-corrected chi connectivity index (χ2v) is 10.2. The molecular weight excluding hydrogens is 528 g/mol. The average molecular weight is 551 g/mol. The monoisotopic (exact) mass is 550 g/mol. The van der Waals surface area contributed by atoms with E-state index in [0.717, 1.165) is 4.31 Å². The molecule has 0 spiro atoms. The lowest BCUT2D eigenvalue weighted by Crippen LogP contribution is -2.38. The highest BCUT2D eigenvalue weighted by atomic mass is 35.5. The maximum Gasteiger partial charge on any atom is 0.339 e. The van der Waals surface area contributed by atoms with Gasteiger partial charge in [0.15, 0.2) is 0 Å². The van der Waals surface area contributed by atoms with Gasteiger partial charge in [0.1, 0.15) is 18.0 Å². The first-order chi connectivity index (χ1) is 18.3. The lowest BCUT2D eigenvalue weighted by Gasteiger charge is -2.24. The molecule has 0 aliphatic carbocycles. The van der Waals surface area contributed by atoms with Gasteiger partial charge in [-0.1, -0.05) is 48.0 Å². The van der Waals surface area contributed by atoms with Crippen molar-refractivity contribution >= 4 is 44.9 Å². The zero-order chi connectivity index (χ0) is 27.1. The molecule has 0 saturated carbocycles. The quantitative estimate of drug-likeness (QED) is 0.266. The number of para-hydroxylation sites is 1. The van der Waals surface area contributed by atoms with Crippen molar-refractivity contribution in [2.45, 2.75) is 4.90 Å². The number of anilines is 2. The van der Waals surface area contributed by atoms with E-state index in [0.29, 0.717) is 11.5 Å². The van der Waals surface area contributed by atoms with Crippen molar-refractivity contribution in [3.8, 4) is 11.5 Å². The topological polar surface area (TPSA) is 102 Å². The molecule has 0 heterocycles. The molecule has 8 nitrogen and oxygen atoms in total. The summed E-state index contributed by atoms with van der Waals surface area (Å²) < 4.78 is 38.6. The Morgan fingerprint density at radius 3 is 2.08 bits per heavy atom. The molecule has 0 aliphatic heterocycles. The fraction of sp³-hybridized carbons (Fsp3) is 0.0714. The summed E-state index contributed by atoms with van der Waals surface area (Å²) in [7, 11) is -2.89. The number of benzene rings is 4. The third-order valence-corrected chi connectivity index (χ3v) is 7.50. The lowest BCUT2D eigenvalue weighted by atomic mass is 10.2. The smallest absolute Gasteiger partial charge is 0.339 e. The Kier molecular flexibility index (Phi) is 8.30. The molecule has 10 heteroatoms. The highest BCUT2D eigenvalue weighted by Crippen LogP contribution is 2.28. The molecule has 0 saturated heterocycles. The molecule has 1 N–H and O–H groups in total. The van der Waals surface area contributed by atoms with E-state index in [4.69, 9.17) is 21.1 Å². The fourth-order valence-electron chi connectivity index (χ4n) is 3.54. The molecular formula is C28H23ClN2O6S. The molecule has 0 fully saturated rings. The van der Waals surface area contributed by atoms with Crippen LogP contribution in [0.25, 0.3) is 0 Å². The predicted octanol–water partition coefficient (Wildman–Crippen LogP) is 5.75. The van der Waals surface area contributed by atoms with Crippen LogP contribution in [0.1, 0.15) is 10.4 Å². The second-order valence-electron chi connectivity index (χ2n) is 7.97. The minimum atomic E-state index is -4.11. The number of methoxy groups -OCH3 is 1. The van der Waals surface area contributed by atoms with Crippen molar-refractivity contribution in [1.29, 1.82) is 0 Å². The summed E-state index contributed by atoms with van der Waals surface area (Å²) in [4.78, 5) is 25.0. The van der Waals surface area contributed by atoms with E-state index in [1.807, 2.05) is 18.2 Å². The van der Waals surface area contributed by atoms with Crippen LogP contribution >= 0.6 is 11.6 Å². The molecule has 0 aliphatic rings. The van der Waals surface area contributed by atoms with E-state index in [-0.39, 0.29) is 26.9 Å². The normalized spacial score (nSPS) is 10.9. The highest BCUT2D eigenvalue weighted by molar-refractivity contribution is 7.92. The third kappa shape index (κ3) is 6.31. The van der Waals surface area contributed by atoms with Gasteiger partial charge in [0.05, 0.1) is 28.3 Å². The number of carbonyl (C=O) groups excluding carboxylic acids is 2. The zero-order valence-corrected chi connectivity index (χ0v) is 21.8. The molecule has 1 amide bonds. The maximum absolute atomic E-state index is 13.6. The molecule has 0 unspecified atom stereocenters. The van der Waals surface area contributed by atoms with Crippen LogP contribution in [0.2, 0.25) is 5.02 Å². The van der Waals surface area contributed by atoms with Crippen molar-refractivity contribution < 1.29 is 27.5 Å². The van der Waals surface area contributed by atoms with Gasteiger partial charge < -0.3 is 14.8 Å². The predicted molar refractivity (Wildman–Crippen MR) is 145 cm³/mol. The average Bonchev–Trinajstić information content (AvgIpc) is 2.94. The Bertz CT molecular complexity index is 1530.